The van der Waals surface area contributed by atoms with Gasteiger partial charge in [0.25, 0.3) is 0 Å². The molecule has 0 aliphatic heterocycles. The smallest absolute Gasteiger partial charge is 0.0857 e. The quantitative estimate of drug-likeness (QED) is 0.294. The third kappa shape index (κ3) is 7.64. The molecule has 25 heavy (non-hydrogen) atoms. The molecule has 2 heteroatoms. The second kappa shape index (κ2) is 11.6. The first-order valence-corrected chi connectivity index (χ1v) is 9.91. The number of nitrogens with zero attached hydrogens (tertiary/aromatic N) is 2. The van der Waals surface area contributed by atoms with Crippen molar-refractivity contribution < 1.29 is 0 Å². The van der Waals surface area contributed by atoms with E-state index in [1.54, 1.807) is 0 Å². The fourth-order valence-corrected chi connectivity index (χ4v) is 2.91. The van der Waals surface area contributed by atoms with E-state index in [1.165, 1.54) is 56.1 Å². The molecule has 0 radical (unpaired) electrons. The standard InChI is InChI=1S/C23H32N2/c1-3-5-7-9-11-21-14-18-23(19-15-21)25-24-22-16-12-20(13-17-22)10-8-6-4-2/h12-19H,3-11H2,1-2H3. The van der Waals surface area contributed by atoms with E-state index in [9.17, 15) is 0 Å². The van der Waals surface area contributed by atoms with Crippen molar-refractivity contribution in [2.24, 2.45) is 10.2 Å². The van der Waals surface area contributed by atoms with Gasteiger partial charge in [-0.3, -0.25) is 0 Å². The maximum atomic E-state index is 4.36. The molecule has 2 aromatic carbocycles. The SMILES string of the molecule is CCCCCCc1ccc(N=Nc2ccc(CCCCC)cc2)cc1. The first kappa shape index (κ1) is 19.4. The minimum Gasteiger partial charge on any atom is -0.151 e. The molecule has 0 N–H and O–H groups in total. The molecule has 2 rings (SSSR count). The highest BCUT2D eigenvalue weighted by Crippen LogP contribution is 2.20. The van der Waals surface area contributed by atoms with Gasteiger partial charge < -0.3 is 0 Å². The lowest BCUT2D eigenvalue weighted by Gasteiger charge is -2.02. The Morgan fingerprint density at radius 3 is 1.36 bits per heavy atom. The predicted molar refractivity (Wildman–Crippen MR) is 108 cm³/mol. The Kier molecular flexibility index (Phi) is 8.96. The lowest BCUT2D eigenvalue weighted by molar-refractivity contribution is 0.667. The lowest BCUT2D eigenvalue weighted by atomic mass is 10.1. The van der Waals surface area contributed by atoms with E-state index in [0.29, 0.717) is 0 Å². The summed E-state index contributed by atoms with van der Waals surface area (Å²) in [7, 11) is 0. The summed E-state index contributed by atoms with van der Waals surface area (Å²) < 4.78 is 0. The van der Waals surface area contributed by atoms with Gasteiger partial charge in [-0.25, -0.2) is 0 Å². The van der Waals surface area contributed by atoms with Crippen molar-refractivity contribution in [1.29, 1.82) is 0 Å². The van der Waals surface area contributed by atoms with Crippen LogP contribution in [0.2, 0.25) is 0 Å². The molecule has 0 atom stereocenters. The van der Waals surface area contributed by atoms with E-state index in [0.717, 1.165) is 24.2 Å². The van der Waals surface area contributed by atoms with Crippen LogP contribution in [0.25, 0.3) is 0 Å². The van der Waals surface area contributed by atoms with E-state index in [1.807, 2.05) is 0 Å². The van der Waals surface area contributed by atoms with Crippen molar-refractivity contribution >= 4 is 11.4 Å². The molecule has 0 amide bonds. The van der Waals surface area contributed by atoms with Gasteiger partial charge in [0.15, 0.2) is 0 Å². The van der Waals surface area contributed by atoms with Gasteiger partial charge >= 0.3 is 0 Å². The monoisotopic (exact) mass is 336 g/mol. The van der Waals surface area contributed by atoms with Gasteiger partial charge in [0.2, 0.25) is 0 Å². The highest BCUT2D eigenvalue weighted by atomic mass is 15.1. The summed E-state index contributed by atoms with van der Waals surface area (Å²) in [5, 5.41) is 8.71. The zero-order chi connectivity index (χ0) is 17.7. The molecule has 0 aliphatic carbocycles. The molecule has 0 saturated heterocycles. The number of hydrogen-bond acceptors (Lipinski definition) is 2. The van der Waals surface area contributed by atoms with Crippen LogP contribution in [0.5, 0.6) is 0 Å². The van der Waals surface area contributed by atoms with Crippen molar-refractivity contribution in [3.8, 4) is 0 Å². The summed E-state index contributed by atoms with van der Waals surface area (Å²) in [6.07, 6.45) is 11.4. The largest absolute Gasteiger partial charge is 0.151 e. The van der Waals surface area contributed by atoms with Crippen LogP contribution in [0.1, 0.15) is 69.9 Å². The van der Waals surface area contributed by atoms with Gasteiger partial charge in [-0.2, -0.15) is 10.2 Å². The number of benzene rings is 2. The third-order valence-electron chi connectivity index (χ3n) is 4.54. The minimum atomic E-state index is 0.919. The average molecular weight is 337 g/mol. The van der Waals surface area contributed by atoms with E-state index < -0.39 is 0 Å². The summed E-state index contributed by atoms with van der Waals surface area (Å²) in [6.45, 7) is 4.49. The van der Waals surface area contributed by atoms with Crippen LogP contribution in [0, 0.1) is 0 Å². The Morgan fingerprint density at radius 2 is 0.920 bits per heavy atom. The van der Waals surface area contributed by atoms with Crippen molar-refractivity contribution in [2.75, 3.05) is 0 Å². The summed E-state index contributed by atoms with van der Waals surface area (Å²) in [6, 6.07) is 17.0. The number of aryl methyl sites for hydroxylation is 2. The molecule has 134 valence electrons. The second-order valence-electron chi connectivity index (χ2n) is 6.80. The van der Waals surface area contributed by atoms with Crippen molar-refractivity contribution in [3.05, 3.63) is 59.7 Å². The second-order valence-corrected chi connectivity index (χ2v) is 6.80. The van der Waals surface area contributed by atoms with Gasteiger partial charge in [0.05, 0.1) is 11.4 Å². The van der Waals surface area contributed by atoms with E-state index in [4.69, 9.17) is 0 Å². The third-order valence-corrected chi connectivity index (χ3v) is 4.54. The molecule has 2 nitrogen and oxygen atoms in total. The molecule has 0 fully saturated rings. The highest BCUT2D eigenvalue weighted by Gasteiger charge is 1.97. The Labute approximate surface area is 153 Å². The summed E-state index contributed by atoms with van der Waals surface area (Å²) in [5.41, 5.74) is 4.62. The average Bonchev–Trinajstić information content (AvgIpc) is 2.66. The molecular weight excluding hydrogens is 304 g/mol. The van der Waals surface area contributed by atoms with Gasteiger partial charge in [0, 0.05) is 0 Å². The van der Waals surface area contributed by atoms with E-state index >= 15 is 0 Å². The molecule has 0 saturated carbocycles. The topological polar surface area (TPSA) is 24.7 Å². The molecule has 0 heterocycles. The Bertz CT molecular complexity index is 612. The molecule has 0 unspecified atom stereocenters. The van der Waals surface area contributed by atoms with Gasteiger partial charge in [0.1, 0.15) is 0 Å². The van der Waals surface area contributed by atoms with Crippen molar-refractivity contribution in [3.63, 3.8) is 0 Å². The fraction of sp³-hybridized carbons (Fsp3) is 0.478. The number of rotatable bonds is 11. The Balaban J connectivity index is 1.82. The molecular formula is C23H32N2. The van der Waals surface area contributed by atoms with E-state index in [-0.39, 0.29) is 0 Å². The molecule has 0 spiro atoms. The maximum Gasteiger partial charge on any atom is 0.0857 e. The van der Waals surface area contributed by atoms with Crippen LogP contribution in [-0.2, 0) is 12.8 Å². The van der Waals surface area contributed by atoms with Gasteiger partial charge in [-0.1, -0.05) is 70.2 Å². The fourth-order valence-electron chi connectivity index (χ4n) is 2.91. The zero-order valence-corrected chi connectivity index (χ0v) is 15.9. The van der Waals surface area contributed by atoms with E-state index in [2.05, 4.69) is 72.6 Å². The Morgan fingerprint density at radius 1 is 0.520 bits per heavy atom. The van der Waals surface area contributed by atoms with Gasteiger partial charge in [-0.05, 0) is 61.1 Å². The maximum absolute atomic E-state index is 4.36. The van der Waals surface area contributed by atoms with Crippen molar-refractivity contribution in [2.45, 2.75) is 71.6 Å². The summed E-state index contributed by atoms with van der Waals surface area (Å²) in [4.78, 5) is 0. The molecule has 0 bridgehead atoms. The van der Waals surface area contributed by atoms with Crippen LogP contribution in [0.4, 0.5) is 11.4 Å². The highest BCUT2D eigenvalue weighted by molar-refractivity contribution is 5.42. The normalized spacial score (nSPS) is 11.3. The van der Waals surface area contributed by atoms with Crippen LogP contribution in [0.3, 0.4) is 0 Å². The first-order valence-electron chi connectivity index (χ1n) is 9.91. The predicted octanol–water partition coefficient (Wildman–Crippen LogP) is 7.96. The van der Waals surface area contributed by atoms with Crippen LogP contribution in [-0.4, -0.2) is 0 Å². The Hall–Kier alpha value is -1.96. The summed E-state index contributed by atoms with van der Waals surface area (Å²) in [5.74, 6) is 0. The van der Waals surface area contributed by atoms with Crippen molar-refractivity contribution in [1.82, 2.24) is 0 Å². The number of azo groups is 1. The summed E-state index contributed by atoms with van der Waals surface area (Å²) >= 11 is 0. The molecule has 0 aliphatic rings. The molecule has 0 aromatic heterocycles. The molecule has 2 aromatic rings. The number of unbranched alkanes of at least 4 members (excludes halogenated alkanes) is 5. The first-order chi connectivity index (χ1) is 12.3. The minimum absolute atomic E-state index is 0.919. The van der Waals surface area contributed by atoms with Crippen LogP contribution >= 0.6 is 0 Å². The van der Waals surface area contributed by atoms with Crippen LogP contribution in [0.15, 0.2) is 58.8 Å². The van der Waals surface area contributed by atoms with Crippen LogP contribution < -0.4 is 0 Å². The van der Waals surface area contributed by atoms with Gasteiger partial charge in [-0.15, -0.1) is 0 Å². The lowest BCUT2D eigenvalue weighted by Crippen LogP contribution is -1.85. The number of hydrogen-bond donors (Lipinski definition) is 0. The zero-order valence-electron chi connectivity index (χ0n) is 15.9.